The van der Waals surface area contributed by atoms with E-state index < -0.39 is 0 Å². The quantitative estimate of drug-likeness (QED) is 0.166. The van der Waals surface area contributed by atoms with Gasteiger partial charge in [-0.3, -0.25) is 5.01 Å². The molecule has 3 rings (SSSR count). The first kappa shape index (κ1) is 27.4. The van der Waals surface area contributed by atoms with Crippen LogP contribution in [0.1, 0.15) is 32.8 Å². The van der Waals surface area contributed by atoms with Crippen LogP contribution in [0.3, 0.4) is 0 Å². The largest absolute Gasteiger partial charge is 0.319 e. The number of rotatable bonds is 8. The summed E-state index contributed by atoms with van der Waals surface area (Å²) in [6, 6.07) is 16.5. The van der Waals surface area contributed by atoms with Crippen molar-refractivity contribution in [2.24, 2.45) is 5.10 Å². The Kier molecular flexibility index (Phi) is 15.0. The standard InChI is InChI=1S/C18H19ClN2OS2.C5H8.C2H6/c1-22-24-13-12-23-17-8-6-16(7-9-17)21-11-10-18(20-21)14-2-4-15(19)5-3-14;1-3-5-4-2;1-2/h2-9H,10-13H2,1H3;3-5H,1H2,2H3;1-2H3/b;5-4-;. The molecular formula is C25H33ClN2OS2. The van der Waals surface area contributed by atoms with Crippen molar-refractivity contribution in [3.8, 4) is 0 Å². The summed E-state index contributed by atoms with van der Waals surface area (Å²) >= 11 is 9.29. The molecule has 0 unspecified atom stereocenters. The van der Waals surface area contributed by atoms with Gasteiger partial charge < -0.3 is 4.18 Å². The third-order valence-corrected chi connectivity index (χ3v) is 6.13. The molecule has 6 heteroatoms. The number of hydrogen-bond donors (Lipinski definition) is 0. The van der Waals surface area contributed by atoms with Crippen molar-refractivity contribution < 1.29 is 4.18 Å². The first-order valence-electron chi connectivity index (χ1n) is 10.4. The van der Waals surface area contributed by atoms with E-state index in [0.29, 0.717) is 0 Å². The molecule has 0 spiro atoms. The molecule has 0 amide bonds. The number of allylic oxidation sites excluding steroid dienone is 3. The van der Waals surface area contributed by atoms with Crippen LogP contribution in [0, 0.1) is 0 Å². The average Bonchev–Trinajstić information content (AvgIpc) is 3.30. The lowest BCUT2D eigenvalue weighted by atomic mass is 10.1. The van der Waals surface area contributed by atoms with Gasteiger partial charge in [-0.2, -0.15) is 5.10 Å². The number of thioether (sulfide) groups is 1. The molecule has 0 aromatic heterocycles. The minimum Gasteiger partial charge on any atom is -0.319 e. The van der Waals surface area contributed by atoms with Crippen LogP contribution in [-0.2, 0) is 4.18 Å². The third-order valence-electron chi connectivity index (χ3n) is 4.00. The van der Waals surface area contributed by atoms with E-state index in [9.17, 15) is 0 Å². The summed E-state index contributed by atoms with van der Waals surface area (Å²) in [5, 5.41) is 7.58. The van der Waals surface area contributed by atoms with Crippen molar-refractivity contribution in [2.45, 2.75) is 32.1 Å². The monoisotopic (exact) mass is 476 g/mol. The van der Waals surface area contributed by atoms with Crippen LogP contribution in [0.5, 0.6) is 0 Å². The van der Waals surface area contributed by atoms with Gasteiger partial charge >= 0.3 is 0 Å². The Morgan fingerprint density at radius 2 is 1.77 bits per heavy atom. The van der Waals surface area contributed by atoms with Crippen molar-refractivity contribution in [1.29, 1.82) is 0 Å². The molecule has 168 valence electrons. The molecule has 0 saturated carbocycles. The Hall–Kier alpha value is -1.66. The highest BCUT2D eigenvalue weighted by Gasteiger charge is 2.17. The first-order chi connectivity index (χ1) is 15.2. The lowest BCUT2D eigenvalue weighted by Crippen LogP contribution is -2.11. The van der Waals surface area contributed by atoms with Gasteiger partial charge in [0.05, 0.1) is 18.5 Å². The van der Waals surface area contributed by atoms with Gasteiger partial charge in [-0.1, -0.05) is 62.4 Å². The highest BCUT2D eigenvalue weighted by molar-refractivity contribution is 8.01. The average molecular weight is 477 g/mol. The van der Waals surface area contributed by atoms with E-state index in [2.05, 4.69) is 35.9 Å². The van der Waals surface area contributed by atoms with E-state index in [4.69, 9.17) is 20.9 Å². The molecule has 0 atom stereocenters. The van der Waals surface area contributed by atoms with E-state index in [1.807, 2.05) is 69.0 Å². The fourth-order valence-electron chi connectivity index (χ4n) is 2.62. The molecule has 2 aromatic rings. The van der Waals surface area contributed by atoms with Crippen LogP contribution in [0.2, 0.25) is 5.02 Å². The summed E-state index contributed by atoms with van der Waals surface area (Å²) in [6.07, 6.45) is 6.53. The van der Waals surface area contributed by atoms with Gasteiger partial charge in [-0.15, -0.1) is 11.8 Å². The van der Waals surface area contributed by atoms with Gasteiger partial charge in [-0.25, -0.2) is 0 Å². The normalized spacial score (nSPS) is 12.5. The topological polar surface area (TPSA) is 24.8 Å². The van der Waals surface area contributed by atoms with E-state index in [1.54, 1.807) is 13.2 Å². The van der Waals surface area contributed by atoms with Crippen molar-refractivity contribution >= 4 is 46.8 Å². The SMILES string of the molecule is C=C/C=C\C.CC.COSCCSc1ccc(N2CCC(c3ccc(Cl)cc3)=N2)cc1. The van der Waals surface area contributed by atoms with Crippen LogP contribution in [0.15, 0.2) is 83.3 Å². The predicted octanol–water partition coefficient (Wildman–Crippen LogP) is 8.12. The predicted molar refractivity (Wildman–Crippen MR) is 143 cm³/mol. The van der Waals surface area contributed by atoms with Gasteiger partial charge in [0, 0.05) is 34.4 Å². The minimum atomic E-state index is 0.756. The van der Waals surface area contributed by atoms with Crippen LogP contribution < -0.4 is 5.01 Å². The fraction of sp³-hybridized carbons (Fsp3) is 0.320. The second kappa shape index (κ2) is 17.0. The molecule has 1 aliphatic heterocycles. The molecule has 1 aliphatic rings. The molecule has 3 nitrogen and oxygen atoms in total. The second-order valence-corrected chi connectivity index (χ2v) is 8.60. The number of anilines is 1. The molecule has 0 bridgehead atoms. The third kappa shape index (κ3) is 10.5. The first-order valence-corrected chi connectivity index (χ1v) is 12.7. The molecule has 1 heterocycles. The maximum Gasteiger partial charge on any atom is 0.0700 e. The highest BCUT2D eigenvalue weighted by atomic mass is 35.5. The number of halogens is 1. The zero-order valence-electron chi connectivity index (χ0n) is 18.9. The van der Waals surface area contributed by atoms with E-state index in [1.165, 1.54) is 16.9 Å². The van der Waals surface area contributed by atoms with E-state index in [-0.39, 0.29) is 0 Å². The zero-order chi connectivity index (χ0) is 22.9. The lowest BCUT2D eigenvalue weighted by Gasteiger charge is -2.13. The van der Waals surface area contributed by atoms with Crippen LogP contribution >= 0.6 is 35.4 Å². The van der Waals surface area contributed by atoms with Crippen molar-refractivity contribution in [1.82, 2.24) is 0 Å². The lowest BCUT2D eigenvalue weighted by molar-refractivity contribution is 0.490. The van der Waals surface area contributed by atoms with Crippen molar-refractivity contribution in [3.05, 3.63) is 83.9 Å². The summed E-state index contributed by atoms with van der Waals surface area (Å²) in [7, 11) is 1.71. The summed E-state index contributed by atoms with van der Waals surface area (Å²) in [5.74, 6) is 2.03. The summed E-state index contributed by atoms with van der Waals surface area (Å²) in [4.78, 5) is 1.27. The van der Waals surface area contributed by atoms with Crippen LogP contribution in [-0.4, -0.2) is 30.9 Å². The molecule has 31 heavy (non-hydrogen) atoms. The molecule has 0 N–H and O–H groups in total. The Labute approximate surface area is 201 Å². The molecule has 0 aliphatic carbocycles. The maximum atomic E-state index is 5.95. The number of hydrazone groups is 1. The number of benzene rings is 2. The van der Waals surface area contributed by atoms with Crippen molar-refractivity contribution in [3.63, 3.8) is 0 Å². The zero-order valence-corrected chi connectivity index (χ0v) is 21.3. The van der Waals surface area contributed by atoms with Gasteiger partial charge in [0.2, 0.25) is 0 Å². The Morgan fingerprint density at radius 3 is 2.32 bits per heavy atom. The summed E-state index contributed by atoms with van der Waals surface area (Å²) in [6.45, 7) is 10.3. The van der Waals surface area contributed by atoms with Gasteiger partial charge in [-0.05, 0) is 60.9 Å². The van der Waals surface area contributed by atoms with Gasteiger partial charge in [0.25, 0.3) is 0 Å². The smallest absolute Gasteiger partial charge is 0.0700 e. The minimum absolute atomic E-state index is 0.756. The molecule has 0 fully saturated rings. The summed E-state index contributed by atoms with van der Waals surface area (Å²) in [5.41, 5.74) is 3.39. The van der Waals surface area contributed by atoms with E-state index >= 15 is 0 Å². The number of hydrogen-bond acceptors (Lipinski definition) is 5. The van der Waals surface area contributed by atoms with Gasteiger partial charge in [0.15, 0.2) is 0 Å². The number of nitrogens with zero attached hydrogens (tertiary/aromatic N) is 2. The highest BCUT2D eigenvalue weighted by Crippen LogP contribution is 2.26. The van der Waals surface area contributed by atoms with Gasteiger partial charge in [0.1, 0.15) is 0 Å². The molecular weight excluding hydrogens is 444 g/mol. The Bertz CT molecular complexity index is 805. The maximum absolute atomic E-state index is 5.95. The van der Waals surface area contributed by atoms with Crippen molar-refractivity contribution in [2.75, 3.05) is 30.2 Å². The Balaban J connectivity index is 0.000000605. The molecule has 2 aromatic carbocycles. The Morgan fingerprint density at radius 1 is 1.10 bits per heavy atom. The fourth-order valence-corrected chi connectivity index (χ4v) is 4.08. The second-order valence-electron chi connectivity index (χ2n) is 6.02. The summed E-state index contributed by atoms with van der Waals surface area (Å²) < 4.78 is 4.99. The molecule has 0 saturated heterocycles. The van der Waals surface area contributed by atoms with E-state index in [0.717, 1.165) is 46.5 Å². The molecule has 0 radical (unpaired) electrons. The van der Waals surface area contributed by atoms with Crippen LogP contribution in [0.4, 0.5) is 5.69 Å². The van der Waals surface area contributed by atoms with Crippen LogP contribution in [0.25, 0.3) is 0 Å².